The monoisotopic (exact) mass is 356 g/mol. The van der Waals surface area contributed by atoms with Gasteiger partial charge in [0.05, 0.1) is 11.6 Å². The lowest BCUT2D eigenvalue weighted by Gasteiger charge is -2.42. The molecule has 2 aliphatic heterocycles. The number of fused-ring (bicyclic) bond motifs is 1. The van der Waals surface area contributed by atoms with Gasteiger partial charge >= 0.3 is 0 Å². The van der Waals surface area contributed by atoms with Crippen molar-refractivity contribution in [2.24, 2.45) is 0 Å². The van der Waals surface area contributed by atoms with E-state index in [0.717, 1.165) is 18.7 Å². The Morgan fingerprint density at radius 1 is 1.27 bits per heavy atom. The lowest BCUT2D eigenvalue weighted by Crippen LogP contribution is -2.51. The Balaban J connectivity index is 1.48. The molecule has 8 nitrogen and oxygen atoms in total. The summed E-state index contributed by atoms with van der Waals surface area (Å²) in [4.78, 5) is 14.3. The molecule has 1 fully saturated rings. The number of piperidine rings is 1. The molecule has 138 valence electrons. The smallest absolute Gasteiger partial charge is 0.242 e. The third-order valence-electron chi connectivity index (χ3n) is 5.48. The summed E-state index contributed by atoms with van der Waals surface area (Å²) in [7, 11) is 0. The number of amides is 1. The largest absolute Gasteiger partial charge is 0.389 e. The highest BCUT2D eigenvalue weighted by atomic mass is 16.3. The molecule has 2 aromatic rings. The highest BCUT2D eigenvalue weighted by molar-refractivity contribution is 5.76. The van der Waals surface area contributed by atoms with Crippen molar-refractivity contribution in [1.82, 2.24) is 30.4 Å². The molecule has 1 unspecified atom stereocenters. The predicted octanol–water partition coefficient (Wildman–Crippen LogP) is 0.302. The first-order chi connectivity index (χ1) is 12.5. The van der Waals surface area contributed by atoms with Crippen LogP contribution in [0.1, 0.15) is 37.2 Å². The van der Waals surface area contributed by atoms with Crippen LogP contribution in [0.2, 0.25) is 0 Å². The van der Waals surface area contributed by atoms with Crippen LogP contribution in [0, 0.1) is 0 Å². The number of hydrogen-bond acceptors (Lipinski definition) is 6. The minimum atomic E-state index is -0.693. The minimum Gasteiger partial charge on any atom is -0.389 e. The molecule has 2 atom stereocenters. The Kier molecular flexibility index (Phi) is 4.46. The second kappa shape index (κ2) is 6.77. The summed E-state index contributed by atoms with van der Waals surface area (Å²) in [5.41, 5.74) is 0.462. The van der Waals surface area contributed by atoms with Gasteiger partial charge in [0.2, 0.25) is 5.91 Å². The van der Waals surface area contributed by atoms with Gasteiger partial charge in [-0.1, -0.05) is 30.3 Å². The standard InChI is InChI=1S/C18H24N6O2/c1-13-16(17-20-21-22-24(17)12-15(25)19-13)23-9-7-18(26,8-10-23)11-14-5-3-2-4-6-14/h2-6,13,16,26H,7-12H2,1H3,(H,19,25)/t13-,16?/m0/s1. The zero-order valence-corrected chi connectivity index (χ0v) is 14.9. The van der Waals surface area contributed by atoms with Crippen molar-refractivity contribution in [2.75, 3.05) is 13.1 Å². The van der Waals surface area contributed by atoms with E-state index in [1.165, 1.54) is 0 Å². The van der Waals surface area contributed by atoms with E-state index >= 15 is 0 Å². The van der Waals surface area contributed by atoms with Crippen LogP contribution >= 0.6 is 0 Å². The van der Waals surface area contributed by atoms with E-state index in [2.05, 4.69) is 37.9 Å². The molecule has 8 heteroatoms. The first-order valence-electron chi connectivity index (χ1n) is 9.10. The molecule has 1 aromatic carbocycles. The molecule has 0 saturated carbocycles. The van der Waals surface area contributed by atoms with Crippen LogP contribution in [0.25, 0.3) is 0 Å². The van der Waals surface area contributed by atoms with Gasteiger partial charge in [-0.25, -0.2) is 4.68 Å². The highest BCUT2D eigenvalue weighted by Crippen LogP contribution is 2.32. The second-order valence-electron chi connectivity index (χ2n) is 7.42. The Bertz CT molecular complexity index is 769. The second-order valence-corrected chi connectivity index (χ2v) is 7.42. The van der Waals surface area contributed by atoms with Crippen LogP contribution in [0.15, 0.2) is 30.3 Å². The number of nitrogens with one attached hydrogen (secondary N) is 1. The Labute approximate surface area is 152 Å². The van der Waals surface area contributed by atoms with Gasteiger partial charge in [0.25, 0.3) is 0 Å². The number of nitrogens with zero attached hydrogens (tertiary/aromatic N) is 5. The zero-order chi connectivity index (χ0) is 18.1. The van der Waals surface area contributed by atoms with Gasteiger partial charge in [-0.05, 0) is 35.8 Å². The molecule has 3 heterocycles. The molecular formula is C18H24N6O2. The van der Waals surface area contributed by atoms with Crippen LogP contribution in [-0.2, 0) is 17.8 Å². The van der Waals surface area contributed by atoms with Gasteiger partial charge in [0, 0.05) is 25.6 Å². The fourth-order valence-electron chi connectivity index (χ4n) is 4.12. The van der Waals surface area contributed by atoms with Gasteiger partial charge in [-0.2, -0.15) is 0 Å². The van der Waals surface area contributed by atoms with Gasteiger partial charge in [-0.3, -0.25) is 9.69 Å². The Morgan fingerprint density at radius 3 is 2.73 bits per heavy atom. The fourth-order valence-corrected chi connectivity index (χ4v) is 4.12. The molecule has 0 spiro atoms. The predicted molar refractivity (Wildman–Crippen MR) is 94.1 cm³/mol. The van der Waals surface area contributed by atoms with Crippen molar-refractivity contribution in [3.05, 3.63) is 41.7 Å². The normalized spacial score (nSPS) is 26.0. The first kappa shape index (κ1) is 17.1. The Hall–Kier alpha value is -2.32. The van der Waals surface area contributed by atoms with Crippen LogP contribution in [0.5, 0.6) is 0 Å². The van der Waals surface area contributed by atoms with Crippen LogP contribution in [0.4, 0.5) is 0 Å². The van der Waals surface area contributed by atoms with Gasteiger partial charge in [0.1, 0.15) is 6.54 Å². The highest BCUT2D eigenvalue weighted by Gasteiger charge is 2.40. The average molecular weight is 356 g/mol. The third-order valence-corrected chi connectivity index (χ3v) is 5.48. The molecule has 0 radical (unpaired) electrons. The van der Waals surface area contributed by atoms with Crippen molar-refractivity contribution in [3.63, 3.8) is 0 Å². The molecule has 1 saturated heterocycles. The fraction of sp³-hybridized carbons (Fsp3) is 0.556. The molecule has 1 amide bonds. The molecule has 1 aromatic heterocycles. The maximum absolute atomic E-state index is 12.0. The average Bonchev–Trinajstić information content (AvgIpc) is 3.01. The van der Waals surface area contributed by atoms with E-state index in [1.807, 2.05) is 25.1 Å². The molecule has 0 bridgehead atoms. The van der Waals surface area contributed by atoms with Crippen molar-refractivity contribution in [2.45, 2.75) is 50.4 Å². The maximum Gasteiger partial charge on any atom is 0.242 e. The number of hydrogen-bond donors (Lipinski definition) is 2. The lowest BCUT2D eigenvalue weighted by molar-refractivity contribution is -0.122. The summed E-state index contributed by atoms with van der Waals surface area (Å²) in [6.45, 7) is 3.61. The topological polar surface area (TPSA) is 96.2 Å². The van der Waals surface area contributed by atoms with Crippen molar-refractivity contribution < 1.29 is 9.90 Å². The maximum atomic E-state index is 12.0. The number of likely N-dealkylation sites (tertiary alicyclic amines) is 1. The number of rotatable bonds is 3. The third kappa shape index (κ3) is 3.34. The quantitative estimate of drug-likeness (QED) is 0.821. The number of benzene rings is 1. The van der Waals surface area contributed by atoms with Gasteiger partial charge in [0.15, 0.2) is 5.82 Å². The van der Waals surface area contributed by atoms with Crippen molar-refractivity contribution in [3.8, 4) is 0 Å². The summed E-state index contributed by atoms with van der Waals surface area (Å²) in [6, 6.07) is 9.94. The number of carbonyl (C=O) groups is 1. The van der Waals surface area contributed by atoms with Gasteiger partial charge in [-0.15, -0.1) is 5.10 Å². The lowest BCUT2D eigenvalue weighted by atomic mass is 9.84. The zero-order valence-electron chi connectivity index (χ0n) is 14.9. The van der Waals surface area contributed by atoms with Crippen LogP contribution in [-0.4, -0.2) is 60.9 Å². The SMILES string of the molecule is C[C@@H]1NC(=O)Cn2nnnc2C1N1CCC(O)(Cc2ccccc2)CC1. The number of aromatic nitrogens is 4. The summed E-state index contributed by atoms with van der Waals surface area (Å²) < 4.78 is 1.58. The van der Waals surface area contributed by atoms with E-state index in [4.69, 9.17) is 0 Å². The van der Waals surface area contributed by atoms with E-state index in [0.29, 0.717) is 25.1 Å². The number of tetrazole rings is 1. The minimum absolute atomic E-state index is 0.0776. The van der Waals surface area contributed by atoms with E-state index in [1.54, 1.807) is 4.68 Å². The van der Waals surface area contributed by atoms with E-state index in [9.17, 15) is 9.90 Å². The first-order valence-corrected chi connectivity index (χ1v) is 9.10. The van der Waals surface area contributed by atoms with Crippen molar-refractivity contribution >= 4 is 5.91 Å². The summed E-state index contributed by atoms with van der Waals surface area (Å²) >= 11 is 0. The van der Waals surface area contributed by atoms with E-state index in [-0.39, 0.29) is 24.5 Å². The summed E-state index contributed by atoms with van der Waals surface area (Å²) in [5.74, 6) is 0.635. The summed E-state index contributed by atoms with van der Waals surface area (Å²) in [6.07, 6.45) is 2.03. The molecular weight excluding hydrogens is 332 g/mol. The molecule has 26 heavy (non-hydrogen) atoms. The molecule has 4 rings (SSSR count). The number of carbonyl (C=O) groups excluding carboxylic acids is 1. The van der Waals surface area contributed by atoms with Crippen molar-refractivity contribution in [1.29, 1.82) is 0 Å². The number of aliphatic hydroxyl groups is 1. The van der Waals surface area contributed by atoms with Gasteiger partial charge < -0.3 is 10.4 Å². The van der Waals surface area contributed by atoms with E-state index < -0.39 is 5.60 Å². The summed E-state index contributed by atoms with van der Waals surface area (Å²) in [5, 5.41) is 25.9. The molecule has 2 N–H and O–H groups in total. The van der Waals surface area contributed by atoms with Crippen LogP contribution in [0.3, 0.4) is 0 Å². The van der Waals surface area contributed by atoms with Crippen LogP contribution < -0.4 is 5.32 Å². The molecule has 2 aliphatic rings. The Morgan fingerprint density at radius 2 is 2.00 bits per heavy atom. The molecule has 0 aliphatic carbocycles.